The van der Waals surface area contributed by atoms with Gasteiger partial charge in [-0.3, -0.25) is 14.6 Å². The monoisotopic (exact) mass is 439 g/mol. The van der Waals surface area contributed by atoms with Crippen molar-refractivity contribution < 1.29 is 18.0 Å². The number of primary sulfonamides is 1. The molecule has 0 bridgehead atoms. The molecule has 2 unspecified atom stereocenters. The Hall–Kier alpha value is -3.60. The van der Waals surface area contributed by atoms with Crippen molar-refractivity contribution in [2.45, 2.75) is 12.1 Å². The molecule has 3 rings (SSSR count). The first-order valence-electron chi connectivity index (χ1n) is 9.21. The number of rotatable bonds is 6. The van der Waals surface area contributed by atoms with E-state index < -0.39 is 27.3 Å². The summed E-state index contributed by atoms with van der Waals surface area (Å²) in [5, 5.41) is 8.73. The minimum absolute atomic E-state index is 0.312. The average molecular weight is 439 g/mol. The molecular weight excluding hydrogens is 418 g/mol. The highest BCUT2D eigenvalue weighted by molar-refractivity contribution is 8.04. The molecule has 3 aromatic rings. The van der Waals surface area contributed by atoms with Crippen LogP contribution in [-0.2, 0) is 10.0 Å². The Morgan fingerprint density at radius 2 is 1.48 bits per heavy atom. The second-order valence-corrected chi connectivity index (χ2v) is 8.16. The number of aromatic nitrogens is 1. The van der Waals surface area contributed by atoms with Gasteiger partial charge in [0.25, 0.3) is 15.9 Å². The van der Waals surface area contributed by atoms with E-state index in [4.69, 9.17) is 10.9 Å². The van der Waals surface area contributed by atoms with Gasteiger partial charge in [-0.05, 0) is 35.4 Å². The molecule has 2 aromatic carbocycles. The minimum atomic E-state index is -4.43. The Morgan fingerprint density at radius 1 is 0.871 bits per heavy atom. The highest BCUT2D eigenvalue weighted by Crippen LogP contribution is 2.27. The first kappa shape index (κ1) is 22.1. The maximum absolute atomic E-state index is 12.4. The summed E-state index contributed by atoms with van der Waals surface area (Å²) in [4.78, 5) is 28.3. The zero-order valence-electron chi connectivity index (χ0n) is 16.3. The molecule has 6 N–H and O–H groups in total. The molecule has 0 aliphatic heterocycles. The van der Waals surface area contributed by atoms with Crippen molar-refractivity contribution in [3.63, 3.8) is 0 Å². The van der Waals surface area contributed by atoms with E-state index in [2.05, 4.69) is 15.6 Å². The van der Waals surface area contributed by atoms with E-state index in [-0.39, 0.29) is 5.91 Å². The van der Waals surface area contributed by atoms with E-state index in [0.717, 1.165) is 0 Å². The highest BCUT2D eigenvalue weighted by atomic mass is 32.2. The number of amides is 2. The van der Waals surface area contributed by atoms with Gasteiger partial charge in [0.2, 0.25) is 0 Å². The van der Waals surface area contributed by atoms with E-state index in [1.165, 1.54) is 0 Å². The zero-order valence-corrected chi connectivity index (χ0v) is 17.1. The van der Waals surface area contributed by atoms with Gasteiger partial charge < -0.3 is 16.4 Å². The smallest absolute Gasteiger partial charge is 0.333 e. The van der Waals surface area contributed by atoms with Crippen molar-refractivity contribution in [1.29, 1.82) is 0 Å². The molecular formula is C21H21N5O4S. The first-order valence-corrected chi connectivity index (χ1v) is 10.8. The van der Waals surface area contributed by atoms with Crippen LogP contribution in [0.5, 0.6) is 0 Å². The summed E-state index contributed by atoms with van der Waals surface area (Å²) >= 11 is 0. The highest BCUT2D eigenvalue weighted by Gasteiger charge is 2.27. The number of nitrogens with one attached hydrogen (secondary N) is 2. The first-order chi connectivity index (χ1) is 14.8. The fourth-order valence-corrected chi connectivity index (χ4v) is 3.23. The summed E-state index contributed by atoms with van der Waals surface area (Å²) in [6.45, 7) is 0. The number of anilines is 1. The zero-order chi connectivity index (χ0) is 22.4. The van der Waals surface area contributed by atoms with E-state index in [1.807, 2.05) is 0 Å². The molecule has 0 saturated heterocycles. The molecule has 1 aromatic heterocycles. The molecule has 0 radical (unpaired) electrons. The van der Waals surface area contributed by atoms with E-state index in [0.29, 0.717) is 22.4 Å². The number of nitrogens with zero attached hydrogens (tertiary/aromatic N) is 1. The quantitative estimate of drug-likeness (QED) is 0.460. The van der Waals surface area contributed by atoms with Crippen LogP contribution in [0.15, 0.2) is 79.1 Å². The summed E-state index contributed by atoms with van der Waals surface area (Å²) in [5.41, 5.74) is 8.55. The van der Waals surface area contributed by atoms with Gasteiger partial charge in [-0.2, -0.15) is 0 Å². The van der Waals surface area contributed by atoms with Crippen LogP contribution < -0.4 is 21.5 Å². The SMILES string of the molecule is NC(c1ccc(C(=O)Nc2ccncc2)cc1)C(NC(=O)S(N)(=O)=O)c1ccccc1. The van der Waals surface area contributed by atoms with Crippen molar-refractivity contribution in [3.8, 4) is 0 Å². The summed E-state index contributed by atoms with van der Waals surface area (Å²) in [5.74, 6) is -0.312. The van der Waals surface area contributed by atoms with Gasteiger partial charge >= 0.3 is 5.24 Å². The molecule has 0 aliphatic carbocycles. The lowest BCUT2D eigenvalue weighted by molar-refractivity contribution is 0.102. The molecule has 0 aliphatic rings. The van der Waals surface area contributed by atoms with Crippen molar-refractivity contribution in [2.24, 2.45) is 10.9 Å². The minimum Gasteiger partial charge on any atom is -0.333 e. The van der Waals surface area contributed by atoms with Crippen LogP contribution >= 0.6 is 0 Å². The van der Waals surface area contributed by atoms with Crippen LogP contribution in [0, 0.1) is 0 Å². The molecule has 0 saturated carbocycles. The Morgan fingerprint density at radius 3 is 2.06 bits per heavy atom. The Bertz CT molecular complexity index is 1150. The van der Waals surface area contributed by atoms with Crippen LogP contribution in [-0.4, -0.2) is 24.5 Å². The molecule has 31 heavy (non-hydrogen) atoms. The van der Waals surface area contributed by atoms with Gasteiger partial charge in [-0.25, -0.2) is 13.6 Å². The molecule has 10 heteroatoms. The molecule has 1 heterocycles. The summed E-state index contributed by atoms with van der Waals surface area (Å²) in [6.07, 6.45) is 3.13. The van der Waals surface area contributed by atoms with Gasteiger partial charge in [0, 0.05) is 23.6 Å². The number of pyridine rings is 1. The topological polar surface area (TPSA) is 157 Å². The van der Waals surface area contributed by atoms with E-state index in [9.17, 15) is 18.0 Å². The number of carbonyl (C=O) groups is 2. The lowest BCUT2D eigenvalue weighted by Gasteiger charge is -2.25. The Kier molecular flexibility index (Phi) is 6.75. The Labute approximate surface area is 179 Å². The fourth-order valence-electron chi connectivity index (χ4n) is 2.94. The van der Waals surface area contributed by atoms with E-state index in [1.54, 1.807) is 79.1 Å². The average Bonchev–Trinajstić information content (AvgIpc) is 2.77. The molecule has 2 atom stereocenters. The summed E-state index contributed by atoms with van der Waals surface area (Å²) in [6, 6.07) is 16.8. The van der Waals surface area contributed by atoms with Gasteiger partial charge in [0.05, 0.1) is 12.1 Å². The Balaban J connectivity index is 1.81. The van der Waals surface area contributed by atoms with Crippen LogP contribution in [0.2, 0.25) is 0 Å². The molecule has 160 valence electrons. The predicted octanol–water partition coefficient (Wildman–Crippen LogP) is 2.07. The van der Waals surface area contributed by atoms with Crippen molar-refractivity contribution >= 4 is 26.9 Å². The number of nitrogens with two attached hydrogens (primary N) is 2. The van der Waals surface area contributed by atoms with Crippen LogP contribution in [0.3, 0.4) is 0 Å². The summed E-state index contributed by atoms with van der Waals surface area (Å²) < 4.78 is 22.8. The third-order valence-electron chi connectivity index (χ3n) is 4.55. The number of sulfonamides is 1. The number of carbonyl (C=O) groups excluding carboxylic acids is 2. The van der Waals surface area contributed by atoms with Crippen molar-refractivity contribution in [1.82, 2.24) is 10.3 Å². The number of hydrogen-bond donors (Lipinski definition) is 4. The van der Waals surface area contributed by atoms with Crippen LogP contribution in [0.1, 0.15) is 33.6 Å². The van der Waals surface area contributed by atoms with Crippen molar-refractivity contribution in [2.75, 3.05) is 5.32 Å². The maximum atomic E-state index is 12.4. The largest absolute Gasteiger partial charge is 0.351 e. The maximum Gasteiger partial charge on any atom is 0.351 e. The molecule has 0 fully saturated rings. The van der Waals surface area contributed by atoms with Gasteiger partial charge in [0.1, 0.15) is 0 Å². The standard InChI is InChI=1S/C21H21N5O4S/c22-18(19(15-4-2-1-3-5-15)26-21(28)31(23,29)30)14-6-8-16(9-7-14)20(27)25-17-10-12-24-13-11-17/h1-13,18-19H,22H2,(H,26,28)(H2,23,29,30)(H,24,25,27). The normalized spacial score (nSPS) is 13.1. The van der Waals surface area contributed by atoms with Crippen LogP contribution in [0.4, 0.5) is 10.5 Å². The lowest BCUT2D eigenvalue weighted by Crippen LogP contribution is -2.41. The summed E-state index contributed by atoms with van der Waals surface area (Å²) in [7, 11) is -4.43. The third-order valence-corrected chi connectivity index (χ3v) is 5.18. The molecule has 9 nitrogen and oxygen atoms in total. The number of hydrogen-bond acceptors (Lipinski definition) is 6. The lowest BCUT2D eigenvalue weighted by atomic mass is 9.93. The predicted molar refractivity (Wildman–Crippen MR) is 116 cm³/mol. The van der Waals surface area contributed by atoms with Crippen LogP contribution in [0.25, 0.3) is 0 Å². The second-order valence-electron chi connectivity index (χ2n) is 6.70. The fraction of sp³-hybridized carbons (Fsp3) is 0.0952. The molecule has 2 amide bonds. The van der Waals surface area contributed by atoms with Gasteiger partial charge in [-0.1, -0.05) is 42.5 Å². The van der Waals surface area contributed by atoms with Gasteiger partial charge in [0.15, 0.2) is 0 Å². The van der Waals surface area contributed by atoms with E-state index >= 15 is 0 Å². The molecule has 0 spiro atoms. The third kappa shape index (κ3) is 5.72. The number of benzene rings is 2. The van der Waals surface area contributed by atoms with Gasteiger partial charge in [-0.15, -0.1) is 0 Å². The second kappa shape index (κ2) is 9.47. The van der Waals surface area contributed by atoms with Crippen molar-refractivity contribution in [3.05, 3.63) is 95.8 Å².